The Kier molecular flexibility index (Phi) is 6.30. The molecule has 0 spiro atoms. The molecule has 1 aliphatic heterocycles. The monoisotopic (exact) mass is 461 g/mol. The number of allylic oxidation sites excluding steroid dienone is 1. The molecule has 4 rings (SSSR count). The first-order valence-electron chi connectivity index (χ1n) is 12.1. The van der Waals surface area contributed by atoms with Crippen molar-refractivity contribution in [2.24, 2.45) is 0 Å². The van der Waals surface area contributed by atoms with E-state index in [0.717, 1.165) is 5.75 Å². The average Bonchev–Trinajstić information content (AvgIpc) is 3.39. The van der Waals surface area contributed by atoms with Crippen LogP contribution in [0, 0.1) is 6.92 Å². The fourth-order valence-electron chi connectivity index (χ4n) is 5.44. The lowest BCUT2D eigenvalue weighted by Crippen LogP contribution is -2.51. The number of nitrogens with zero attached hydrogens (tertiary/aromatic N) is 1. The van der Waals surface area contributed by atoms with Gasteiger partial charge in [-0.2, -0.15) is 0 Å². The van der Waals surface area contributed by atoms with Crippen LogP contribution in [-0.4, -0.2) is 40.7 Å². The molecule has 0 radical (unpaired) electrons. The second kappa shape index (κ2) is 8.71. The summed E-state index contributed by atoms with van der Waals surface area (Å²) in [5, 5.41) is 2.92. The highest BCUT2D eigenvalue weighted by molar-refractivity contribution is 6.94. The summed E-state index contributed by atoms with van der Waals surface area (Å²) in [5.74, 6) is 1.16. The van der Waals surface area contributed by atoms with Crippen molar-refractivity contribution in [1.82, 2.24) is 4.90 Å². The number of benzene rings is 2. The summed E-state index contributed by atoms with van der Waals surface area (Å²) in [6.45, 7) is 21.5. The van der Waals surface area contributed by atoms with Gasteiger partial charge in [0.25, 0.3) is 0 Å². The molecule has 1 aliphatic carbocycles. The highest BCUT2D eigenvalue weighted by Crippen LogP contribution is 2.43. The Balaban J connectivity index is 1.88. The Labute approximate surface area is 197 Å². The Morgan fingerprint density at radius 2 is 1.69 bits per heavy atom. The molecule has 1 heterocycles. The molecule has 1 fully saturated rings. The molecule has 1 atom stereocenters. The normalized spacial score (nSPS) is 18.5. The summed E-state index contributed by atoms with van der Waals surface area (Å²) < 4.78 is 6.48. The van der Waals surface area contributed by atoms with E-state index in [2.05, 4.69) is 93.6 Å². The molecule has 0 amide bonds. The summed E-state index contributed by atoms with van der Waals surface area (Å²) in [5.41, 5.74) is 6.24. The van der Waals surface area contributed by atoms with Gasteiger partial charge in [0, 0.05) is 29.9 Å². The average molecular weight is 462 g/mol. The Morgan fingerprint density at radius 3 is 2.34 bits per heavy atom. The van der Waals surface area contributed by atoms with E-state index in [1.807, 2.05) is 6.08 Å². The Hall–Kier alpha value is -2.05. The lowest BCUT2D eigenvalue weighted by Gasteiger charge is -2.34. The van der Waals surface area contributed by atoms with E-state index in [1.54, 1.807) is 0 Å². The van der Waals surface area contributed by atoms with Crippen molar-refractivity contribution >= 4 is 32.2 Å². The van der Waals surface area contributed by atoms with Gasteiger partial charge in [0.15, 0.2) is 0 Å². The van der Waals surface area contributed by atoms with Crippen molar-refractivity contribution in [3.63, 3.8) is 0 Å². The predicted octanol–water partition coefficient (Wildman–Crippen LogP) is 5.79. The summed E-state index contributed by atoms with van der Waals surface area (Å²) in [6.07, 6.45) is 7.10. The van der Waals surface area contributed by atoms with Gasteiger partial charge in [-0.05, 0) is 35.7 Å². The minimum Gasteiger partial charge on any atom is -0.490 e. The van der Waals surface area contributed by atoms with Crippen LogP contribution >= 0.6 is 0 Å². The van der Waals surface area contributed by atoms with Crippen LogP contribution in [0.2, 0.25) is 32.7 Å². The molecule has 0 saturated carbocycles. The molecule has 2 aromatic rings. The highest BCUT2D eigenvalue weighted by Gasteiger charge is 2.42. The number of hydrogen-bond acceptors (Lipinski definition) is 2. The van der Waals surface area contributed by atoms with Gasteiger partial charge >= 0.3 is 0 Å². The highest BCUT2D eigenvalue weighted by atomic mass is 28.3. The zero-order valence-corrected chi connectivity index (χ0v) is 22.8. The quantitative estimate of drug-likeness (QED) is 0.382. The van der Waals surface area contributed by atoms with Gasteiger partial charge in [0.2, 0.25) is 0 Å². The first-order valence-corrected chi connectivity index (χ1v) is 18.7. The number of aryl methyl sites for hydroxylation is 1. The van der Waals surface area contributed by atoms with Crippen LogP contribution in [0.5, 0.6) is 5.75 Å². The maximum absolute atomic E-state index is 6.48. The molecule has 4 heteroatoms. The minimum absolute atomic E-state index is 0.455. The number of rotatable bonds is 7. The number of hydrogen-bond donors (Lipinski definition) is 0. The SMILES string of the molecule is C=CCOc1c([Si](C)(C)C)cc(C)cc1[Si](C)(C)C1C=C(N2CCCC2)c2ccccc21. The molecule has 0 N–H and O–H groups in total. The molecule has 0 bridgehead atoms. The molecular weight excluding hydrogens is 422 g/mol. The molecule has 1 unspecified atom stereocenters. The van der Waals surface area contributed by atoms with Crippen LogP contribution in [0.3, 0.4) is 0 Å². The van der Waals surface area contributed by atoms with E-state index in [0.29, 0.717) is 12.1 Å². The second-order valence-corrected chi connectivity index (χ2v) is 20.7. The molecule has 2 aliphatic rings. The number of ether oxygens (including phenoxy) is 1. The van der Waals surface area contributed by atoms with Crippen LogP contribution in [0.25, 0.3) is 5.70 Å². The predicted molar refractivity (Wildman–Crippen MR) is 145 cm³/mol. The standard InChI is InChI=1S/C28H39NOSi2/c1-8-17-30-28-26(31(3,4)5)18-21(2)19-27(28)32(6,7)25-20-24(29-15-11-12-16-29)22-13-9-10-14-23(22)25/h8-10,13-14,18-20,25H,1,11-12,15-17H2,2-7H3. The van der Waals surface area contributed by atoms with Crippen molar-refractivity contribution in [1.29, 1.82) is 0 Å². The van der Waals surface area contributed by atoms with Gasteiger partial charge in [-0.1, -0.05) is 93.4 Å². The third kappa shape index (κ3) is 4.15. The first-order chi connectivity index (χ1) is 15.1. The maximum Gasteiger partial charge on any atom is 0.118 e. The van der Waals surface area contributed by atoms with Gasteiger partial charge in [0.1, 0.15) is 12.4 Å². The number of likely N-dealkylation sites (tertiary alicyclic amines) is 1. The van der Waals surface area contributed by atoms with E-state index in [9.17, 15) is 0 Å². The Morgan fingerprint density at radius 1 is 1.03 bits per heavy atom. The van der Waals surface area contributed by atoms with Gasteiger partial charge in [-0.25, -0.2) is 0 Å². The number of fused-ring (bicyclic) bond motifs is 1. The van der Waals surface area contributed by atoms with Gasteiger partial charge in [-0.3, -0.25) is 0 Å². The fourth-order valence-corrected chi connectivity index (χ4v) is 10.4. The molecule has 2 nitrogen and oxygen atoms in total. The van der Waals surface area contributed by atoms with Crippen LogP contribution in [0.15, 0.2) is 55.1 Å². The van der Waals surface area contributed by atoms with Crippen LogP contribution in [0.4, 0.5) is 0 Å². The van der Waals surface area contributed by atoms with E-state index in [1.165, 1.54) is 58.7 Å². The van der Waals surface area contributed by atoms with Crippen LogP contribution < -0.4 is 15.1 Å². The largest absolute Gasteiger partial charge is 0.490 e. The molecule has 32 heavy (non-hydrogen) atoms. The molecule has 2 aromatic carbocycles. The van der Waals surface area contributed by atoms with Crippen molar-refractivity contribution in [3.8, 4) is 5.75 Å². The van der Waals surface area contributed by atoms with Crippen molar-refractivity contribution in [2.75, 3.05) is 19.7 Å². The third-order valence-electron chi connectivity index (χ3n) is 7.20. The minimum atomic E-state index is -1.97. The fraction of sp³-hybridized carbons (Fsp3) is 0.429. The molecular formula is C28H39NOSi2. The zero-order valence-electron chi connectivity index (χ0n) is 20.8. The summed E-state index contributed by atoms with van der Waals surface area (Å²) in [4.78, 5) is 2.61. The maximum atomic E-state index is 6.48. The van der Waals surface area contributed by atoms with E-state index in [4.69, 9.17) is 4.74 Å². The summed E-state index contributed by atoms with van der Waals surface area (Å²) >= 11 is 0. The zero-order chi connectivity index (χ0) is 23.1. The van der Waals surface area contributed by atoms with Crippen LogP contribution in [-0.2, 0) is 0 Å². The van der Waals surface area contributed by atoms with Gasteiger partial charge in [0.05, 0.1) is 16.1 Å². The van der Waals surface area contributed by atoms with Crippen LogP contribution in [0.1, 0.15) is 35.1 Å². The topological polar surface area (TPSA) is 12.5 Å². The summed E-state index contributed by atoms with van der Waals surface area (Å²) in [6, 6.07) is 13.9. The van der Waals surface area contributed by atoms with E-state index >= 15 is 0 Å². The second-order valence-electron chi connectivity index (χ2n) is 11.1. The van der Waals surface area contributed by atoms with Crippen molar-refractivity contribution in [3.05, 3.63) is 71.8 Å². The smallest absolute Gasteiger partial charge is 0.118 e. The lowest BCUT2D eigenvalue weighted by molar-refractivity contribution is 0.368. The lowest BCUT2D eigenvalue weighted by atomic mass is 10.1. The third-order valence-corrected chi connectivity index (χ3v) is 13.0. The molecule has 0 aromatic heterocycles. The molecule has 1 saturated heterocycles. The van der Waals surface area contributed by atoms with Gasteiger partial charge < -0.3 is 9.64 Å². The van der Waals surface area contributed by atoms with Gasteiger partial charge in [-0.15, -0.1) is 0 Å². The van der Waals surface area contributed by atoms with Crippen molar-refractivity contribution < 1.29 is 4.74 Å². The van der Waals surface area contributed by atoms with E-state index < -0.39 is 16.1 Å². The van der Waals surface area contributed by atoms with Crippen molar-refractivity contribution in [2.45, 2.75) is 58.0 Å². The first kappa shape index (κ1) is 23.1. The van der Waals surface area contributed by atoms with E-state index in [-0.39, 0.29) is 0 Å². The molecule has 170 valence electrons. The Bertz CT molecular complexity index is 1040. The summed E-state index contributed by atoms with van der Waals surface area (Å²) in [7, 11) is -3.54.